The number of hydrogen-bond acceptors (Lipinski definition) is 4. The van der Waals surface area contributed by atoms with E-state index in [9.17, 15) is 5.11 Å². The summed E-state index contributed by atoms with van der Waals surface area (Å²) in [5.74, 6) is 0.497. The van der Waals surface area contributed by atoms with Crippen LogP contribution in [0.2, 0.25) is 0 Å². The third kappa shape index (κ3) is 4.90. The van der Waals surface area contributed by atoms with E-state index in [-0.39, 0.29) is 6.61 Å². The van der Waals surface area contributed by atoms with E-state index in [2.05, 4.69) is 47.2 Å². The fourth-order valence-electron chi connectivity index (χ4n) is 1.57. The highest BCUT2D eigenvalue weighted by Gasteiger charge is 2.09. The van der Waals surface area contributed by atoms with Crippen LogP contribution in [0.4, 0.5) is 0 Å². The number of hydrogen-bond donors (Lipinski definition) is 3. The maximum absolute atomic E-state index is 9.33. The molecule has 18 heavy (non-hydrogen) atoms. The predicted octanol–water partition coefficient (Wildman–Crippen LogP) is 2.56. The highest BCUT2D eigenvalue weighted by molar-refractivity contribution is 9.10. The quantitative estimate of drug-likeness (QED) is 0.671. The zero-order valence-electron chi connectivity index (χ0n) is 10.7. The molecule has 0 saturated carbocycles. The number of thioether (sulfide) groups is 1. The number of halogens is 1. The Morgan fingerprint density at radius 3 is 2.72 bits per heavy atom. The van der Waals surface area contributed by atoms with E-state index >= 15 is 0 Å². The van der Waals surface area contributed by atoms with Gasteiger partial charge >= 0.3 is 0 Å². The number of nitrogens with one attached hydrogen (secondary N) is 1. The van der Waals surface area contributed by atoms with Crippen LogP contribution in [0.3, 0.4) is 0 Å². The molecule has 0 bridgehead atoms. The second-order valence-electron chi connectivity index (χ2n) is 4.12. The maximum atomic E-state index is 9.33. The minimum atomic E-state index is -0.665. The van der Waals surface area contributed by atoms with Gasteiger partial charge < -0.3 is 15.5 Å². The van der Waals surface area contributed by atoms with Crippen LogP contribution >= 0.6 is 27.7 Å². The minimum Gasteiger partial charge on any atom is -0.394 e. The van der Waals surface area contributed by atoms with Crippen LogP contribution in [0.1, 0.15) is 25.5 Å². The molecule has 0 aliphatic heterocycles. The van der Waals surface area contributed by atoms with E-state index < -0.39 is 6.10 Å². The topological polar surface area (TPSA) is 52.5 Å². The van der Waals surface area contributed by atoms with Gasteiger partial charge in [-0.25, -0.2) is 0 Å². The van der Waals surface area contributed by atoms with Gasteiger partial charge in [0.25, 0.3) is 0 Å². The Kier molecular flexibility index (Phi) is 7.26. The summed E-state index contributed by atoms with van der Waals surface area (Å²) in [5.41, 5.74) is 1.23. The number of rotatable bonds is 7. The van der Waals surface area contributed by atoms with Gasteiger partial charge in [0.15, 0.2) is 0 Å². The van der Waals surface area contributed by atoms with Crippen molar-refractivity contribution >= 4 is 27.7 Å². The molecule has 0 amide bonds. The lowest BCUT2D eigenvalue weighted by atomic mass is 10.1. The molecule has 0 spiro atoms. The third-order valence-corrected chi connectivity index (χ3v) is 4.75. The van der Waals surface area contributed by atoms with E-state index in [1.54, 1.807) is 0 Å². The first kappa shape index (κ1) is 16.0. The summed E-state index contributed by atoms with van der Waals surface area (Å²) in [5, 5.41) is 21.5. The summed E-state index contributed by atoms with van der Waals surface area (Å²) in [6.45, 7) is 4.97. The van der Waals surface area contributed by atoms with Gasteiger partial charge in [-0.2, -0.15) is 0 Å². The summed E-state index contributed by atoms with van der Waals surface area (Å²) in [7, 11) is 0. The SMILES string of the molecule is CCNC(C)c1ccc(SCC(O)CO)c(Br)c1. The zero-order valence-corrected chi connectivity index (χ0v) is 13.1. The van der Waals surface area contributed by atoms with Gasteiger partial charge in [0.2, 0.25) is 0 Å². The lowest BCUT2D eigenvalue weighted by Gasteiger charge is -2.15. The number of benzene rings is 1. The standard InChI is InChI=1S/C13H20BrNO2S/c1-3-15-9(2)10-4-5-13(12(14)6-10)18-8-11(17)7-16/h4-6,9,11,15-17H,3,7-8H2,1-2H3. The Bertz CT molecular complexity index is 376. The number of aliphatic hydroxyl groups excluding tert-OH is 2. The van der Waals surface area contributed by atoms with Gasteiger partial charge in [0.1, 0.15) is 0 Å². The molecule has 0 fully saturated rings. The Balaban J connectivity index is 2.67. The molecule has 0 saturated heterocycles. The molecule has 3 N–H and O–H groups in total. The van der Waals surface area contributed by atoms with Crippen molar-refractivity contribution in [3.63, 3.8) is 0 Å². The lowest BCUT2D eigenvalue weighted by Crippen LogP contribution is -2.17. The Morgan fingerprint density at radius 1 is 1.44 bits per heavy atom. The minimum absolute atomic E-state index is 0.194. The molecule has 0 radical (unpaired) electrons. The first-order valence-corrected chi connectivity index (χ1v) is 7.80. The summed E-state index contributed by atoms with van der Waals surface area (Å²) in [6, 6.07) is 6.56. The summed E-state index contributed by atoms with van der Waals surface area (Å²) in [4.78, 5) is 1.08. The first-order chi connectivity index (χ1) is 8.58. The molecule has 5 heteroatoms. The molecule has 1 rings (SSSR count). The molecule has 1 aromatic carbocycles. The molecule has 3 nitrogen and oxygen atoms in total. The van der Waals surface area contributed by atoms with Gasteiger partial charge in [0, 0.05) is 21.2 Å². The van der Waals surface area contributed by atoms with Gasteiger partial charge in [-0.3, -0.25) is 0 Å². The van der Waals surface area contributed by atoms with Crippen molar-refractivity contribution in [2.45, 2.75) is 30.9 Å². The van der Waals surface area contributed by atoms with Crippen LogP contribution in [-0.2, 0) is 0 Å². The van der Waals surface area contributed by atoms with E-state index in [4.69, 9.17) is 5.11 Å². The predicted molar refractivity (Wildman–Crippen MR) is 80.1 cm³/mol. The molecular weight excluding hydrogens is 314 g/mol. The van der Waals surface area contributed by atoms with Crippen molar-refractivity contribution in [3.8, 4) is 0 Å². The smallest absolute Gasteiger partial charge is 0.0864 e. The molecule has 102 valence electrons. The zero-order chi connectivity index (χ0) is 13.5. The van der Waals surface area contributed by atoms with E-state index in [1.165, 1.54) is 17.3 Å². The second kappa shape index (κ2) is 8.17. The van der Waals surface area contributed by atoms with Crippen molar-refractivity contribution in [2.24, 2.45) is 0 Å². The van der Waals surface area contributed by atoms with Crippen molar-refractivity contribution in [1.82, 2.24) is 5.32 Å². The van der Waals surface area contributed by atoms with E-state index in [0.29, 0.717) is 11.8 Å². The molecule has 0 aliphatic carbocycles. The van der Waals surface area contributed by atoms with Crippen molar-refractivity contribution < 1.29 is 10.2 Å². The van der Waals surface area contributed by atoms with Crippen molar-refractivity contribution in [2.75, 3.05) is 18.9 Å². The van der Waals surface area contributed by atoms with Crippen LogP contribution in [0.25, 0.3) is 0 Å². The van der Waals surface area contributed by atoms with E-state index in [1.807, 2.05) is 6.07 Å². The van der Waals surface area contributed by atoms with Crippen molar-refractivity contribution in [3.05, 3.63) is 28.2 Å². The van der Waals surface area contributed by atoms with Crippen LogP contribution in [0.15, 0.2) is 27.6 Å². The van der Waals surface area contributed by atoms with Crippen LogP contribution in [0.5, 0.6) is 0 Å². The van der Waals surface area contributed by atoms with Crippen LogP contribution in [-0.4, -0.2) is 35.2 Å². The molecule has 0 aromatic heterocycles. The summed E-state index contributed by atoms with van der Waals surface area (Å²) >= 11 is 5.08. The molecule has 0 aliphatic rings. The monoisotopic (exact) mass is 333 g/mol. The lowest BCUT2D eigenvalue weighted by molar-refractivity contribution is 0.113. The normalized spacial score (nSPS) is 14.5. The van der Waals surface area contributed by atoms with Crippen LogP contribution < -0.4 is 5.32 Å². The highest BCUT2D eigenvalue weighted by atomic mass is 79.9. The fourth-order valence-corrected chi connectivity index (χ4v) is 3.14. The molecule has 2 atom stereocenters. The van der Waals surface area contributed by atoms with Crippen molar-refractivity contribution in [1.29, 1.82) is 0 Å². The summed E-state index contributed by atoms with van der Waals surface area (Å²) in [6.07, 6.45) is -0.665. The fraction of sp³-hybridized carbons (Fsp3) is 0.538. The largest absolute Gasteiger partial charge is 0.394 e. The molecule has 1 aromatic rings. The van der Waals surface area contributed by atoms with E-state index in [0.717, 1.165) is 15.9 Å². The molecule has 2 unspecified atom stereocenters. The average molecular weight is 334 g/mol. The van der Waals surface area contributed by atoms with Gasteiger partial charge in [-0.15, -0.1) is 11.8 Å². The second-order valence-corrected chi connectivity index (χ2v) is 6.03. The number of aliphatic hydroxyl groups is 2. The molecular formula is C13H20BrNO2S. The Labute approximate surface area is 121 Å². The van der Waals surface area contributed by atoms with Gasteiger partial charge in [0.05, 0.1) is 12.7 Å². The third-order valence-electron chi connectivity index (χ3n) is 2.61. The molecule has 0 heterocycles. The van der Waals surface area contributed by atoms with Gasteiger partial charge in [-0.1, -0.05) is 13.0 Å². The van der Waals surface area contributed by atoms with Crippen LogP contribution in [0, 0.1) is 0 Å². The maximum Gasteiger partial charge on any atom is 0.0864 e. The Morgan fingerprint density at radius 2 is 2.17 bits per heavy atom. The average Bonchev–Trinajstić information content (AvgIpc) is 2.37. The first-order valence-electron chi connectivity index (χ1n) is 6.03. The van der Waals surface area contributed by atoms with Gasteiger partial charge in [-0.05, 0) is 47.1 Å². The highest BCUT2D eigenvalue weighted by Crippen LogP contribution is 2.30. The summed E-state index contributed by atoms with van der Waals surface area (Å²) < 4.78 is 1.03. The Hall–Kier alpha value is -0.0700.